The highest BCUT2D eigenvalue weighted by Gasteiger charge is 2.09. The first-order valence-corrected chi connectivity index (χ1v) is 7.13. The van der Waals surface area contributed by atoms with Gasteiger partial charge in [-0.05, 0) is 18.6 Å². The predicted octanol–water partition coefficient (Wildman–Crippen LogP) is 0.0327. The van der Waals surface area contributed by atoms with Crippen molar-refractivity contribution in [1.29, 1.82) is 0 Å². The number of nitrogens with one attached hydrogen (secondary N) is 1. The van der Waals surface area contributed by atoms with Gasteiger partial charge in [-0.3, -0.25) is 9.19 Å². The summed E-state index contributed by atoms with van der Waals surface area (Å²) in [5, 5.41) is 14.9. The molecule has 1 aromatic heterocycles. The molecule has 1 heterocycles. The second-order valence-corrected chi connectivity index (χ2v) is 5.74. The van der Waals surface area contributed by atoms with Gasteiger partial charge in [-0.1, -0.05) is 11.2 Å². The van der Waals surface area contributed by atoms with Crippen molar-refractivity contribution in [1.82, 2.24) is 10.3 Å². The van der Waals surface area contributed by atoms with E-state index in [1.807, 2.05) is 13.0 Å². The number of aromatic nitrogens is 1. The summed E-state index contributed by atoms with van der Waals surface area (Å²) in [5.41, 5.74) is 6.83. The molecule has 1 aromatic rings. The normalized spacial score (nSPS) is 15.3. The lowest BCUT2D eigenvalue weighted by atomic mass is 10.2. The highest BCUT2D eigenvalue weighted by molar-refractivity contribution is 7.84. The maximum Gasteiger partial charge on any atom is 0.189 e. The van der Waals surface area contributed by atoms with Crippen LogP contribution in [0, 0.1) is 0 Å². The molecule has 2 unspecified atom stereocenters. The van der Waals surface area contributed by atoms with E-state index in [-0.39, 0.29) is 11.1 Å². The second-order valence-electron chi connectivity index (χ2n) is 3.94. The molecule has 0 saturated heterocycles. The summed E-state index contributed by atoms with van der Waals surface area (Å²) in [6, 6.07) is 3.63. The third kappa shape index (κ3) is 4.08. The summed E-state index contributed by atoms with van der Waals surface area (Å²) >= 11 is 0. The van der Waals surface area contributed by atoms with Crippen molar-refractivity contribution in [3.63, 3.8) is 0 Å². The fourth-order valence-corrected chi connectivity index (χ4v) is 1.74. The van der Waals surface area contributed by atoms with Crippen LogP contribution in [0.3, 0.4) is 0 Å². The van der Waals surface area contributed by atoms with Crippen molar-refractivity contribution in [2.45, 2.75) is 18.7 Å². The van der Waals surface area contributed by atoms with Crippen molar-refractivity contribution in [3.8, 4) is 0 Å². The average Bonchev–Trinajstić information content (AvgIpc) is 2.38. The number of pyridine rings is 1. The molecule has 2 atom stereocenters. The molecule has 0 radical (unpaired) electrons. The van der Waals surface area contributed by atoms with E-state index in [2.05, 4.69) is 15.5 Å². The van der Waals surface area contributed by atoms with Crippen molar-refractivity contribution < 1.29 is 9.42 Å². The van der Waals surface area contributed by atoms with Gasteiger partial charge in [-0.25, -0.2) is 0 Å². The van der Waals surface area contributed by atoms with Gasteiger partial charge in [0.1, 0.15) is 5.69 Å². The largest absolute Gasteiger partial charge is 0.409 e. The van der Waals surface area contributed by atoms with Crippen LogP contribution in [0.4, 0.5) is 0 Å². The van der Waals surface area contributed by atoms with Gasteiger partial charge in [-0.15, -0.1) is 0 Å². The van der Waals surface area contributed by atoms with Gasteiger partial charge in [0.25, 0.3) is 0 Å². The van der Waals surface area contributed by atoms with Crippen molar-refractivity contribution in [2.75, 3.05) is 12.8 Å². The standard InChI is InChI=1S/C11H18N4O2S/c1-8(18(2)17)6-13-7-9-4-3-5-14-10(9)11(12)15-16/h3-5,8,13,16H,6-7H2,1-2H3,(H2,12,15). The molecular formula is C11H18N4O2S. The van der Waals surface area contributed by atoms with E-state index in [4.69, 9.17) is 10.9 Å². The molecule has 0 aromatic carbocycles. The summed E-state index contributed by atoms with van der Waals surface area (Å²) in [6.07, 6.45) is 3.26. The molecule has 7 heteroatoms. The number of hydrogen-bond acceptors (Lipinski definition) is 5. The maximum atomic E-state index is 11.2. The number of oxime groups is 1. The summed E-state index contributed by atoms with van der Waals surface area (Å²) in [7, 11) is -0.850. The van der Waals surface area contributed by atoms with Gasteiger partial charge in [0.15, 0.2) is 5.84 Å². The van der Waals surface area contributed by atoms with Crippen LogP contribution < -0.4 is 11.1 Å². The minimum Gasteiger partial charge on any atom is -0.409 e. The van der Waals surface area contributed by atoms with Crippen LogP contribution in [0.1, 0.15) is 18.2 Å². The Morgan fingerprint density at radius 2 is 2.44 bits per heavy atom. The van der Waals surface area contributed by atoms with Crippen molar-refractivity contribution in [2.24, 2.45) is 10.9 Å². The predicted molar refractivity (Wildman–Crippen MR) is 72.0 cm³/mol. The monoisotopic (exact) mass is 270 g/mol. The lowest BCUT2D eigenvalue weighted by Crippen LogP contribution is -2.28. The maximum absolute atomic E-state index is 11.2. The van der Waals surface area contributed by atoms with Crippen LogP contribution in [0.2, 0.25) is 0 Å². The quantitative estimate of drug-likeness (QED) is 0.293. The first-order chi connectivity index (χ1) is 8.56. The Morgan fingerprint density at radius 3 is 3.06 bits per heavy atom. The van der Waals surface area contributed by atoms with E-state index in [0.29, 0.717) is 18.8 Å². The zero-order chi connectivity index (χ0) is 13.5. The first-order valence-electron chi connectivity index (χ1n) is 5.51. The smallest absolute Gasteiger partial charge is 0.189 e. The minimum atomic E-state index is -0.850. The van der Waals surface area contributed by atoms with Gasteiger partial charge >= 0.3 is 0 Å². The van der Waals surface area contributed by atoms with E-state index in [0.717, 1.165) is 5.56 Å². The molecule has 1 rings (SSSR count). The molecular weight excluding hydrogens is 252 g/mol. The molecule has 0 bridgehead atoms. The molecule has 0 aliphatic heterocycles. The van der Waals surface area contributed by atoms with Gasteiger partial charge < -0.3 is 16.3 Å². The molecule has 0 aliphatic carbocycles. The Balaban J connectivity index is 2.65. The number of hydrogen-bond donors (Lipinski definition) is 3. The lowest BCUT2D eigenvalue weighted by Gasteiger charge is -2.11. The van der Waals surface area contributed by atoms with Crippen LogP contribution >= 0.6 is 0 Å². The SMILES string of the molecule is CC(CNCc1cccnc1/C(N)=N/O)S(C)=O. The minimum absolute atomic E-state index is 0.0143. The first kappa shape index (κ1) is 14.6. The molecule has 0 saturated carbocycles. The van der Waals surface area contributed by atoms with Crippen molar-refractivity contribution >= 4 is 16.6 Å². The highest BCUT2D eigenvalue weighted by Crippen LogP contribution is 2.05. The summed E-state index contributed by atoms with van der Waals surface area (Å²) in [6.45, 7) is 3.07. The zero-order valence-corrected chi connectivity index (χ0v) is 11.3. The van der Waals surface area contributed by atoms with Crippen LogP contribution in [-0.4, -0.2) is 38.3 Å². The number of amidine groups is 1. The summed E-state index contributed by atoms with van der Waals surface area (Å²) in [4.78, 5) is 4.07. The molecule has 0 aliphatic rings. The van der Waals surface area contributed by atoms with Gasteiger partial charge in [-0.2, -0.15) is 0 Å². The van der Waals surface area contributed by atoms with Crippen molar-refractivity contribution in [3.05, 3.63) is 29.6 Å². The number of nitrogens with two attached hydrogens (primary N) is 1. The molecule has 18 heavy (non-hydrogen) atoms. The fourth-order valence-electron chi connectivity index (χ4n) is 1.39. The van der Waals surface area contributed by atoms with E-state index < -0.39 is 10.8 Å². The third-order valence-electron chi connectivity index (χ3n) is 2.56. The van der Waals surface area contributed by atoms with Crippen LogP contribution in [0.5, 0.6) is 0 Å². The fraction of sp³-hybridized carbons (Fsp3) is 0.455. The number of nitrogens with zero attached hydrogens (tertiary/aromatic N) is 2. The Morgan fingerprint density at radius 1 is 1.72 bits per heavy atom. The molecule has 100 valence electrons. The van der Waals surface area contributed by atoms with Gasteiger partial charge in [0.05, 0.1) is 0 Å². The number of rotatable bonds is 6. The molecule has 6 nitrogen and oxygen atoms in total. The highest BCUT2D eigenvalue weighted by atomic mass is 32.2. The molecule has 0 amide bonds. The Hall–Kier alpha value is -1.47. The van der Waals surface area contributed by atoms with Gasteiger partial charge in [0.2, 0.25) is 0 Å². The average molecular weight is 270 g/mol. The van der Waals surface area contributed by atoms with E-state index in [1.54, 1.807) is 18.5 Å². The van der Waals surface area contributed by atoms with Crippen LogP contribution in [0.25, 0.3) is 0 Å². The van der Waals surface area contributed by atoms with E-state index in [1.165, 1.54) is 0 Å². The molecule has 4 N–H and O–H groups in total. The molecule has 0 spiro atoms. The van der Waals surface area contributed by atoms with E-state index >= 15 is 0 Å². The van der Waals surface area contributed by atoms with E-state index in [9.17, 15) is 4.21 Å². The van der Waals surface area contributed by atoms with Crippen LogP contribution in [-0.2, 0) is 17.3 Å². The lowest BCUT2D eigenvalue weighted by molar-refractivity contribution is 0.318. The second kappa shape index (κ2) is 7.07. The molecule has 0 fully saturated rings. The topological polar surface area (TPSA) is 101 Å². The Bertz CT molecular complexity index is 450. The Labute approximate surface area is 109 Å². The zero-order valence-electron chi connectivity index (χ0n) is 10.5. The van der Waals surface area contributed by atoms with Crippen LogP contribution in [0.15, 0.2) is 23.5 Å². The van der Waals surface area contributed by atoms with Gasteiger partial charge in [0, 0.05) is 41.6 Å². The summed E-state index contributed by atoms with van der Waals surface area (Å²) in [5.74, 6) is -0.0143. The third-order valence-corrected chi connectivity index (χ3v) is 3.86. The Kier molecular flexibility index (Phi) is 5.73. The summed E-state index contributed by atoms with van der Waals surface area (Å²) < 4.78 is 11.2.